The van der Waals surface area contributed by atoms with Crippen molar-refractivity contribution in [2.45, 2.75) is 79.9 Å². The van der Waals surface area contributed by atoms with Crippen molar-refractivity contribution in [3.05, 3.63) is 0 Å². The number of hydrogen-bond donors (Lipinski definition) is 1. The quantitative estimate of drug-likeness (QED) is 0.667. The van der Waals surface area contributed by atoms with Gasteiger partial charge < -0.3 is 10.1 Å². The summed E-state index contributed by atoms with van der Waals surface area (Å²) in [4.78, 5) is 0. The second-order valence-corrected chi connectivity index (χ2v) is 7.55. The van der Waals surface area contributed by atoms with Gasteiger partial charge in [-0.05, 0) is 51.5 Å². The Bertz CT molecular complexity index is 246. The fraction of sp³-hybridized carbons (Fsp3) is 1.00. The van der Waals surface area contributed by atoms with Crippen LogP contribution in [0.15, 0.2) is 0 Å². The van der Waals surface area contributed by atoms with Crippen LogP contribution in [0.2, 0.25) is 0 Å². The predicted molar refractivity (Wildman–Crippen MR) is 85.6 cm³/mol. The molecule has 2 unspecified atom stereocenters. The van der Waals surface area contributed by atoms with E-state index < -0.39 is 0 Å². The molecule has 2 heteroatoms. The molecule has 0 aromatic carbocycles. The highest BCUT2D eigenvalue weighted by Crippen LogP contribution is 2.37. The molecule has 19 heavy (non-hydrogen) atoms. The highest BCUT2D eigenvalue weighted by atomic mass is 16.5. The van der Waals surface area contributed by atoms with Crippen LogP contribution < -0.4 is 5.32 Å². The average Bonchev–Trinajstić information content (AvgIpc) is 2.28. The van der Waals surface area contributed by atoms with Crippen LogP contribution in [0.3, 0.4) is 0 Å². The molecule has 116 valence electrons. The summed E-state index contributed by atoms with van der Waals surface area (Å²) in [5.41, 5.74) is 0.280. The molecule has 0 aliphatic rings. The summed E-state index contributed by atoms with van der Waals surface area (Å²) in [6.07, 6.45) is 2.23. The standard InChI is InChI=1S/C17H37NO/c1-10-15(17(7,8)13(2)3)12-19-16(5,6)11-14(4)18-9/h13-15,18H,10-12H2,1-9H3. The fourth-order valence-corrected chi connectivity index (χ4v) is 2.55. The van der Waals surface area contributed by atoms with E-state index in [0.29, 0.717) is 23.3 Å². The molecule has 0 bridgehead atoms. The van der Waals surface area contributed by atoms with Gasteiger partial charge in [0.05, 0.1) is 12.2 Å². The van der Waals surface area contributed by atoms with Crippen LogP contribution >= 0.6 is 0 Å². The van der Waals surface area contributed by atoms with Crippen LogP contribution in [0, 0.1) is 17.3 Å². The smallest absolute Gasteiger partial charge is 0.0641 e. The van der Waals surface area contributed by atoms with Crippen LogP contribution in [0.25, 0.3) is 0 Å². The Kier molecular flexibility index (Phi) is 7.60. The van der Waals surface area contributed by atoms with E-state index in [1.807, 2.05) is 7.05 Å². The van der Waals surface area contributed by atoms with Crippen molar-refractivity contribution in [2.24, 2.45) is 17.3 Å². The van der Waals surface area contributed by atoms with Crippen LogP contribution in [0.4, 0.5) is 0 Å². The molecule has 0 rings (SSSR count). The first kappa shape index (κ1) is 18.9. The van der Waals surface area contributed by atoms with Gasteiger partial charge in [0.2, 0.25) is 0 Å². The summed E-state index contributed by atoms with van der Waals surface area (Å²) >= 11 is 0. The molecular weight excluding hydrogens is 234 g/mol. The molecule has 0 fully saturated rings. The van der Waals surface area contributed by atoms with E-state index in [4.69, 9.17) is 4.74 Å². The summed E-state index contributed by atoms with van der Waals surface area (Å²) in [7, 11) is 2.01. The van der Waals surface area contributed by atoms with Crippen LogP contribution in [-0.4, -0.2) is 25.3 Å². The SMILES string of the molecule is CCC(COC(C)(C)CC(C)NC)C(C)(C)C(C)C. The highest BCUT2D eigenvalue weighted by molar-refractivity contribution is 4.82. The summed E-state index contributed by atoms with van der Waals surface area (Å²) < 4.78 is 6.25. The van der Waals surface area contributed by atoms with E-state index in [2.05, 4.69) is 60.7 Å². The summed E-state index contributed by atoms with van der Waals surface area (Å²) in [6.45, 7) is 19.1. The second-order valence-electron chi connectivity index (χ2n) is 7.55. The van der Waals surface area contributed by atoms with E-state index in [-0.39, 0.29) is 5.60 Å². The summed E-state index contributed by atoms with van der Waals surface area (Å²) in [6, 6.07) is 0.494. The lowest BCUT2D eigenvalue weighted by Crippen LogP contribution is -2.39. The zero-order valence-corrected chi connectivity index (χ0v) is 14.8. The zero-order chi connectivity index (χ0) is 15.3. The van der Waals surface area contributed by atoms with Gasteiger partial charge in [-0.3, -0.25) is 0 Å². The summed E-state index contributed by atoms with van der Waals surface area (Å²) in [5.74, 6) is 1.30. The van der Waals surface area contributed by atoms with E-state index in [9.17, 15) is 0 Å². The first-order chi connectivity index (χ1) is 8.56. The maximum atomic E-state index is 6.25. The van der Waals surface area contributed by atoms with E-state index >= 15 is 0 Å². The molecule has 0 saturated carbocycles. The Balaban J connectivity index is 4.50. The molecule has 0 aromatic rings. The molecule has 0 amide bonds. The number of nitrogens with one attached hydrogen (secondary N) is 1. The number of rotatable bonds is 9. The molecule has 0 aliphatic carbocycles. The molecule has 1 N–H and O–H groups in total. The maximum Gasteiger partial charge on any atom is 0.0641 e. The molecule has 2 nitrogen and oxygen atoms in total. The molecule has 0 radical (unpaired) electrons. The molecule has 2 atom stereocenters. The molecule has 0 aromatic heterocycles. The van der Waals surface area contributed by atoms with Gasteiger partial charge in [-0.15, -0.1) is 0 Å². The number of ether oxygens (including phenoxy) is 1. The Hall–Kier alpha value is -0.0800. The van der Waals surface area contributed by atoms with Gasteiger partial charge in [0.25, 0.3) is 0 Å². The Morgan fingerprint density at radius 3 is 1.95 bits per heavy atom. The van der Waals surface area contributed by atoms with Gasteiger partial charge in [0, 0.05) is 6.04 Å². The molecule has 0 spiro atoms. The third-order valence-electron chi connectivity index (χ3n) is 5.00. The summed E-state index contributed by atoms with van der Waals surface area (Å²) in [5, 5.41) is 3.29. The minimum absolute atomic E-state index is 0.0527. The molecular formula is C17H37NO. The molecule has 0 saturated heterocycles. The van der Waals surface area contributed by atoms with Gasteiger partial charge in [0.1, 0.15) is 0 Å². The van der Waals surface area contributed by atoms with Crippen molar-refractivity contribution >= 4 is 0 Å². The third-order valence-corrected chi connectivity index (χ3v) is 5.00. The monoisotopic (exact) mass is 271 g/mol. The lowest BCUT2D eigenvalue weighted by molar-refractivity contribution is -0.0705. The maximum absolute atomic E-state index is 6.25. The van der Waals surface area contributed by atoms with E-state index in [0.717, 1.165) is 13.0 Å². The Morgan fingerprint density at radius 2 is 1.58 bits per heavy atom. The van der Waals surface area contributed by atoms with Gasteiger partial charge in [-0.25, -0.2) is 0 Å². The van der Waals surface area contributed by atoms with Crippen molar-refractivity contribution in [1.29, 1.82) is 0 Å². The van der Waals surface area contributed by atoms with Crippen molar-refractivity contribution in [3.8, 4) is 0 Å². The molecule has 0 heterocycles. The second kappa shape index (κ2) is 7.64. The Morgan fingerprint density at radius 1 is 1.05 bits per heavy atom. The van der Waals surface area contributed by atoms with Crippen molar-refractivity contribution in [3.63, 3.8) is 0 Å². The van der Waals surface area contributed by atoms with Crippen molar-refractivity contribution in [2.75, 3.05) is 13.7 Å². The fourth-order valence-electron chi connectivity index (χ4n) is 2.55. The average molecular weight is 271 g/mol. The minimum atomic E-state index is -0.0527. The van der Waals surface area contributed by atoms with Gasteiger partial charge in [-0.2, -0.15) is 0 Å². The lowest BCUT2D eigenvalue weighted by Gasteiger charge is -2.39. The van der Waals surface area contributed by atoms with E-state index in [1.54, 1.807) is 0 Å². The van der Waals surface area contributed by atoms with Crippen molar-refractivity contribution in [1.82, 2.24) is 5.32 Å². The normalized spacial score (nSPS) is 16.7. The Labute approximate surface area is 121 Å². The topological polar surface area (TPSA) is 21.3 Å². The van der Waals surface area contributed by atoms with E-state index in [1.165, 1.54) is 6.42 Å². The van der Waals surface area contributed by atoms with Crippen LogP contribution in [0.5, 0.6) is 0 Å². The third kappa shape index (κ3) is 6.27. The predicted octanol–water partition coefficient (Wildman–Crippen LogP) is 4.49. The first-order valence-electron chi connectivity index (χ1n) is 7.88. The zero-order valence-electron chi connectivity index (χ0n) is 14.8. The van der Waals surface area contributed by atoms with Gasteiger partial charge >= 0.3 is 0 Å². The lowest BCUT2D eigenvalue weighted by atomic mass is 9.70. The first-order valence-corrected chi connectivity index (χ1v) is 7.88. The molecule has 0 aliphatic heterocycles. The number of hydrogen-bond acceptors (Lipinski definition) is 2. The minimum Gasteiger partial charge on any atom is -0.375 e. The largest absolute Gasteiger partial charge is 0.375 e. The van der Waals surface area contributed by atoms with Crippen LogP contribution in [0.1, 0.15) is 68.2 Å². The van der Waals surface area contributed by atoms with Crippen molar-refractivity contribution < 1.29 is 4.74 Å². The van der Waals surface area contributed by atoms with Gasteiger partial charge in [0.15, 0.2) is 0 Å². The van der Waals surface area contributed by atoms with Crippen LogP contribution in [-0.2, 0) is 4.74 Å². The van der Waals surface area contributed by atoms with Gasteiger partial charge in [-0.1, -0.05) is 41.0 Å². The highest BCUT2D eigenvalue weighted by Gasteiger charge is 2.33.